The summed E-state index contributed by atoms with van der Waals surface area (Å²) >= 11 is 1.68. The summed E-state index contributed by atoms with van der Waals surface area (Å²) in [6.45, 7) is 6.56. The molecule has 0 spiro atoms. The molecule has 1 aliphatic carbocycles. The summed E-state index contributed by atoms with van der Waals surface area (Å²) in [5.74, 6) is 0. The van der Waals surface area contributed by atoms with Gasteiger partial charge in [0.1, 0.15) is 0 Å². The van der Waals surface area contributed by atoms with Crippen LogP contribution in [0, 0.1) is 6.92 Å². The standard InChI is InChI=1S/C15H23F3N2S/c1-10(2)19-7-14-6-12(11(3)21-14)8-20(13-4-5-13)9-15(16,17)18/h6,10,13,19H,4-5,7-9H2,1-3H3. The van der Waals surface area contributed by atoms with Gasteiger partial charge in [-0.2, -0.15) is 13.2 Å². The first-order chi connectivity index (χ1) is 9.74. The highest BCUT2D eigenvalue weighted by Gasteiger charge is 2.38. The fourth-order valence-electron chi connectivity index (χ4n) is 2.34. The summed E-state index contributed by atoms with van der Waals surface area (Å²) in [5.41, 5.74) is 1.04. The highest BCUT2D eigenvalue weighted by molar-refractivity contribution is 7.12. The van der Waals surface area contributed by atoms with E-state index in [4.69, 9.17) is 0 Å². The normalized spacial score (nSPS) is 16.2. The molecule has 0 saturated heterocycles. The van der Waals surface area contributed by atoms with Gasteiger partial charge in [0.15, 0.2) is 0 Å². The molecule has 0 atom stereocenters. The van der Waals surface area contributed by atoms with E-state index < -0.39 is 12.7 Å². The van der Waals surface area contributed by atoms with Crippen molar-refractivity contribution in [3.8, 4) is 0 Å². The van der Waals surface area contributed by atoms with Crippen LogP contribution in [-0.4, -0.2) is 29.7 Å². The molecule has 0 aliphatic heterocycles. The maximum absolute atomic E-state index is 12.7. The fraction of sp³-hybridized carbons (Fsp3) is 0.733. The van der Waals surface area contributed by atoms with E-state index in [2.05, 4.69) is 25.2 Å². The lowest BCUT2D eigenvalue weighted by Gasteiger charge is -2.23. The zero-order valence-corrected chi connectivity index (χ0v) is 13.6. The lowest BCUT2D eigenvalue weighted by atomic mass is 10.2. The molecule has 2 nitrogen and oxygen atoms in total. The second-order valence-electron chi connectivity index (χ2n) is 6.08. The van der Waals surface area contributed by atoms with Crippen molar-refractivity contribution in [2.75, 3.05) is 6.54 Å². The Morgan fingerprint density at radius 3 is 2.57 bits per heavy atom. The van der Waals surface area contributed by atoms with Gasteiger partial charge in [0.2, 0.25) is 0 Å². The predicted molar refractivity (Wildman–Crippen MR) is 80.5 cm³/mol. The van der Waals surface area contributed by atoms with Crippen LogP contribution in [0.25, 0.3) is 0 Å². The third-order valence-electron chi connectivity index (χ3n) is 3.58. The van der Waals surface area contributed by atoms with E-state index in [-0.39, 0.29) is 6.04 Å². The van der Waals surface area contributed by atoms with Crippen LogP contribution in [0.1, 0.15) is 42.0 Å². The van der Waals surface area contributed by atoms with Gasteiger partial charge in [-0.25, -0.2) is 0 Å². The van der Waals surface area contributed by atoms with Crippen LogP contribution in [0.15, 0.2) is 6.07 Å². The first-order valence-electron chi connectivity index (χ1n) is 7.37. The second kappa shape index (κ2) is 6.67. The third kappa shape index (κ3) is 5.60. The van der Waals surface area contributed by atoms with Crippen LogP contribution in [0.3, 0.4) is 0 Å². The molecule has 1 N–H and O–H groups in total. The van der Waals surface area contributed by atoms with Gasteiger partial charge in [-0.05, 0) is 31.4 Å². The maximum atomic E-state index is 12.7. The van der Waals surface area contributed by atoms with Gasteiger partial charge in [0.25, 0.3) is 0 Å². The first kappa shape index (κ1) is 16.8. The minimum Gasteiger partial charge on any atom is -0.310 e. The second-order valence-corrected chi connectivity index (χ2v) is 7.42. The number of thiophene rings is 1. The Bertz CT molecular complexity index is 464. The molecule has 1 heterocycles. The average molecular weight is 320 g/mol. The Labute approximate surface area is 128 Å². The number of hydrogen-bond acceptors (Lipinski definition) is 3. The summed E-state index contributed by atoms with van der Waals surface area (Å²) < 4.78 is 38.0. The molecule has 1 aliphatic rings. The van der Waals surface area contributed by atoms with Crippen LogP contribution in [-0.2, 0) is 13.1 Å². The highest BCUT2D eigenvalue weighted by Crippen LogP contribution is 2.33. The molecule has 1 fully saturated rings. The largest absolute Gasteiger partial charge is 0.401 e. The van der Waals surface area contributed by atoms with Crippen LogP contribution >= 0.6 is 11.3 Å². The number of aryl methyl sites for hydroxylation is 1. The van der Waals surface area contributed by atoms with Gasteiger partial charge in [-0.3, -0.25) is 4.90 Å². The van der Waals surface area contributed by atoms with Gasteiger partial charge in [-0.15, -0.1) is 11.3 Å². The Morgan fingerprint density at radius 2 is 2.05 bits per heavy atom. The average Bonchev–Trinajstić information content (AvgIpc) is 3.11. The van der Waals surface area contributed by atoms with E-state index in [0.717, 1.165) is 29.8 Å². The lowest BCUT2D eigenvalue weighted by molar-refractivity contribution is -0.148. The Balaban J connectivity index is 1.99. The van der Waals surface area contributed by atoms with Gasteiger partial charge in [0.05, 0.1) is 6.54 Å². The number of nitrogens with zero attached hydrogens (tertiary/aromatic N) is 1. The molecule has 0 radical (unpaired) electrons. The number of hydrogen-bond donors (Lipinski definition) is 1. The molecule has 21 heavy (non-hydrogen) atoms. The molecule has 1 aromatic rings. The van der Waals surface area contributed by atoms with E-state index >= 15 is 0 Å². The number of rotatable bonds is 7. The molecule has 0 unspecified atom stereocenters. The first-order valence-corrected chi connectivity index (χ1v) is 8.18. The molecule has 120 valence electrons. The maximum Gasteiger partial charge on any atom is 0.401 e. The van der Waals surface area contributed by atoms with E-state index in [1.54, 1.807) is 16.2 Å². The molecule has 6 heteroatoms. The van der Waals surface area contributed by atoms with Gasteiger partial charge >= 0.3 is 6.18 Å². The van der Waals surface area contributed by atoms with Crippen LogP contribution < -0.4 is 5.32 Å². The van der Waals surface area contributed by atoms with E-state index in [0.29, 0.717) is 12.6 Å². The number of nitrogens with one attached hydrogen (secondary N) is 1. The van der Waals surface area contributed by atoms with Gasteiger partial charge in [0, 0.05) is 34.9 Å². The van der Waals surface area contributed by atoms with Crippen molar-refractivity contribution in [2.45, 2.75) is 65.0 Å². The van der Waals surface area contributed by atoms with Gasteiger partial charge in [-0.1, -0.05) is 13.8 Å². The van der Waals surface area contributed by atoms with Crippen molar-refractivity contribution in [2.24, 2.45) is 0 Å². The topological polar surface area (TPSA) is 15.3 Å². The SMILES string of the molecule is Cc1sc(CNC(C)C)cc1CN(CC(F)(F)F)C1CC1. The zero-order chi connectivity index (χ0) is 15.6. The minimum atomic E-state index is -4.12. The number of alkyl halides is 3. The quantitative estimate of drug-likeness (QED) is 0.814. The van der Waals surface area contributed by atoms with Crippen molar-refractivity contribution in [1.29, 1.82) is 0 Å². The Hall–Kier alpha value is -0.590. The summed E-state index contributed by atoms with van der Waals surface area (Å²) in [6.07, 6.45) is -2.34. The van der Waals surface area contributed by atoms with Crippen molar-refractivity contribution in [1.82, 2.24) is 10.2 Å². The molecular formula is C15H23F3N2S. The number of halogens is 3. The summed E-state index contributed by atoms with van der Waals surface area (Å²) in [7, 11) is 0. The lowest BCUT2D eigenvalue weighted by Crippen LogP contribution is -2.35. The fourth-order valence-corrected chi connectivity index (χ4v) is 3.34. The molecule has 0 aromatic carbocycles. The van der Waals surface area contributed by atoms with Crippen LogP contribution in [0.5, 0.6) is 0 Å². The summed E-state index contributed by atoms with van der Waals surface area (Å²) in [4.78, 5) is 3.90. The molecular weight excluding hydrogens is 297 g/mol. The summed E-state index contributed by atoms with van der Waals surface area (Å²) in [6, 6.07) is 2.58. The monoisotopic (exact) mass is 320 g/mol. The van der Waals surface area contributed by atoms with Crippen LogP contribution in [0.2, 0.25) is 0 Å². The van der Waals surface area contributed by atoms with Crippen molar-refractivity contribution >= 4 is 11.3 Å². The minimum absolute atomic E-state index is 0.114. The van der Waals surface area contributed by atoms with Crippen molar-refractivity contribution < 1.29 is 13.2 Å². The molecule has 1 aromatic heterocycles. The third-order valence-corrected chi connectivity index (χ3v) is 4.67. The smallest absolute Gasteiger partial charge is 0.310 e. The molecule has 0 bridgehead atoms. The molecule has 2 rings (SSSR count). The van der Waals surface area contributed by atoms with E-state index in [1.807, 2.05) is 6.92 Å². The Morgan fingerprint density at radius 1 is 1.38 bits per heavy atom. The summed E-state index contributed by atoms with van der Waals surface area (Å²) in [5, 5.41) is 3.35. The predicted octanol–water partition coefficient (Wildman–Crippen LogP) is 4.08. The van der Waals surface area contributed by atoms with Crippen molar-refractivity contribution in [3.63, 3.8) is 0 Å². The zero-order valence-electron chi connectivity index (χ0n) is 12.8. The highest BCUT2D eigenvalue weighted by atomic mass is 32.1. The van der Waals surface area contributed by atoms with Crippen LogP contribution in [0.4, 0.5) is 13.2 Å². The van der Waals surface area contributed by atoms with Gasteiger partial charge < -0.3 is 5.32 Å². The Kier molecular flexibility index (Phi) is 5.33. The van der Waals surface area contributed by atoms with E-state index in [1.165, 1.54) is 4.88 Å². The van der Waals surface area contributed by atoms with Crippen molar-refractivity contribution in [3.05, 3.63) is 21.4 Å². The molecule has 0 amide bonds. The molecule has 1 saturated carbocycles. The van der Waals surface area contributed by atoms with E-state index in [9.17, 15) is 13.2 Å².